The Kier molecular flexibility index (Phi) is 10.2. The molecule has 0 aromatic carbocycles. The highest BCUT2D eigenvalue weighted by atomic mass is 32.1. The van der Waals surface area contributed by atoms with Crippen molar-refractivity contribution in [1.29, 1.82) is 0 Å². The van der Waals surface area contributed by atoms with E-state index in [4.69, 9.17) is 17.4 Å². The summed E-state index contributed by atoms with van der Waals surface area (Å²) < 4.78 is 0. The van der Waals surface area contributed by atoms with Gasteiger partial charge in [0.15, 0.2) is 5.11 Å². The Bertz CT molecular complexity index is 302. The summed E-state index contributed by atoms with van der Waals surface area (Å²) in [4.78, 5) is 0. The smallest absolute Gasteiger partial charge is 0.186 e. The predicted molar refractivity (Wildman–Crippen MR) is 80.5 cm³/mol. The zero-order valence-corrected chi connectivity index (χ0v) is 12.3. The molecule has 0 aliphatic carbocycles. The number of hydrogen-bond acceptors (Lipinski definition) is 4. The van der Waals surface area contributed by atoms with Gasteiger partial charge in [0.05, 0.1) is 11.4 Å². The van der Waals surface area contributed by atoms with Crippen LogP contribution in [0.4, 0.5) is 0 Å². The predicted octanol–water partition coefficient (Wildman–Crippen LogP) is 2.65. The van der Waals surface area contributed by atoms with E-state index in [1.165, 1.54) is 25.7 Å². The first-order chi connectivity index (χ1) is 8.61. The molecular formula is C12H24N4OS. The maximum absolute atomic E-state index is 8.55. The first kappa shape index (κ1) is 16.8. The number of hydrogen-bond donors (Lipinski definition) is 3. The van der Waals surface area contributed by atoms with Gasteiger partial charge < -0.3 is 10.5 Å². The van der Waals surface area contributed by atoms with Crippen molar-refractivity contribution in [3.05, 3.63) is 0 Å². The summed E-state index contributed by atoms with van der Waals surface area (Å²) in [6.07, 6.45) is 6.17. The molecule has 6 heteroatoms. The first-order valence-electron chi connectivity index (χ1n) is 6.39. The van der Waals surface area contributed by atoms with Crippen molar-refractivity contribution in [3.63, 3.8) is 0 Å². The number of nitrogens with one attached hydrogen (secondary N) is 2. The van der Waals surface area contributed by atoms with Gasteiger partial charge >= 0.3 is 0 Å². The third-order valence-corrected chi connectivity index (χ3v) is 2.80. The number of thiocarbonyl (C=S) groups is 1. The molecule has 0 heterocycles. The highest BCUT2D eigenvalue weighted by Crippen LogP contribution is 2.00. The maximum atomic E-state index is 8.55. The Balaban J connectivity index is 3.66. The highest BCUT2D eigenvalue weighted by Gasteiger charge is 1.98. The van der Waals surface area contributed by atoms with Crippen LogP contribution in [0.1, 0.15) is 52.9 Å². The van der Waals surface area contributed by atoms with Crippen LogP contribution >= 0.6 is 12.2 Å². The van der Waals surface area contributed by atoms with Gasteiger partial charge in [-0.15, -0.1) is 0 Å². The van der Waals surface area contributed by atoms with E-state index >= 15 is 0 Å². The second kappa shape index (κ2) is 11.0. The van der Waals surface area contributed by atoms with Crippen LogP contribution in [0.5, 0.6) is 0 Å². The summed E-state index contributed by atoms with van der Waals surface area (Å²) in [5.74, 6) is 0. The second-order valence-electron chi connectivity index (χ2n) is 4.16. The van der Waals surface area contributed by atoms with Crippen LogP contribution in [0.3, 0.4) is 0 Å². The van der Waals surface area contributed by atoms with Crippen LogP contribution in [0, 0.1) is 0 Å². The van der Waals surface area contributed by atoms with Gasteiger partial charge in [-0.1, -0.05) is 37.8 Å². The first-order valence-corrected chi connectivity index (χ1v) is 6.79. The van der Waals surface area contributed by atoms with E-state index in [0.29, 0.717) is 16.5 Å². The minimum atomic E-state index is 0.463. The fourth-order valence-corrected chi connectivity index (χ4v) is 1.41. The molecule has 0 bridgehead atoms. The van der Waals surface area contributed by atoms with E-state index in [2.05, 4.69) is 27.9 Å². The zero-order chi connectivity index (χ0) is 13.8. The topological polar surface area (TPSA) is 69.0 Å². The van der Waals surface area contributed by atoms with E-state index in [1.807, 2.05) is 0 Å². The van der Waals surface area contributed by atoms with Crippen molar-refractivity contribution in [2.24, 2.45) is 10.3 Å². The summed E-state index contributed by atoms with van der Waals surface area (Å²) >= 11 is 5.06. The molecule has 0 radical (unpaired) electrons. The average molecular weight is 272 g/mol. The molecule has 0 aliphatic heterocycles. The minimum absolute atomic E-state index is 0.463. The number of nitrogens with zero attached hydrogens (tertiary/aromatic N) is 2. The zero-order valence-electron chi connectivity index (χ0n) is 11.5. The Morgan fingerprint density at radius 2 is 1.78 bits per heavy atom. The van der Waals surface area contributed by atoms with Gasteiger partial charge in [-0.05, 0) is 32.5 Å². The fourth-order valence-electron chi connectivity index (χ4n) is 1.26. The second-order valence-corrected chi connectivity index (χ2v) is 4.57. The molecule has 18 heavy (non-hydrogen) atoms. The normalized spacial score (nSPS) is 12.4. The number of hydrazone groups is 1. The maximum Gasteiger partial charge on any atom is 0.186 e. The Labute approximate surface area is 115 Å². The molecule has 0 aliphatic rings. The Morgan fingerprint density at radius 3 is 2.39 bits per heavy atom. The third kappa shape index (κ3) is 8.92. The van der Waals surface area contributed by atoms with Crippen LogP contribution in [-0.2, 0) is 0 Å². The van der Waals surface area contributed by atoms with Gasteiger partial charge in [0.25, 0.3) is 0 Å². The van der Waals surface area contributed by atoms with Crippen molar-refractivity contribution in [1.82, 2.24) is 10.7 Å². The van der Waals surface area contributed by atoms with Crippen LogP contribution in [0.25, 0.3) is 0 Å². The monoisotopic (exact) mass is 272 g/mol. The summed E-state index contributed by atoms with van der Waals surface area (Å²) in [6, 6.07) is 0. The summed E-state index contributed by atoms with van der Waals surface area (Å²) in [7, 11) is 0. The molecule has 0 atom stereocenters. The lowest BCUT2D eigenvalue weighted by Crippen LogP contribution is -2.33. The van der Waals surface area contributed by atoms with Crippen molar-refractivity contribution in [2.75, 3.05) is 6.54 Å². The number of rotatable bonds is 8. The van der Waals surface area contributed by atoms with Crippen LogP contribution in [0.15, 0.2) is 10.3 Å². The molecule has 0 rings (SSSR count). The lowest BCUT2D eigenvalue weighted by atomic mass is 10.1. The molecule has 0 unspecified atom stereocenters. The number of unbranched alkanes of at least 4 members (excludes halogenated alkanes) is 4. The van der Waals surface area contributed by atoms with Crippen LogP contribution in [-0.4, -0.2) is 28.3 Å². The number of oxime groups is 1. The lowest BCUT2D eigenvalue weighted by Gasteiger charge is -2.07. The molecular weight excluding hydrogens is 248 g/mol. The van der Waals surface area contributed by atoms with Crippen molar-refractivity contribution in [2.45, 2.75) is 52.9 Å². The van der Waals surface area contributed by atoms with Gasteiger partial charge in [-0.3, -0.25) is 5.43 Å². The summed E-state index contributed by atoms with van der Waals surface area (Å²) in [5.41, 5.74) is 3.78. The van der Waals surface area contributed by atoms with E-state index in [1.54, 1.807) is 13.8 Å². The molecule has 0 saturated carbocycles. The largest absolute Gasteiger partial charge is 0.411 e. The van der Waals surface area contributed by atoms with Crippen molar-refractivity contribution >= 4 is 28.8 Å². The summed E-state index contributed by atoms with van der Waals surface area (Å²) in [5, 5.41) is 19.2. The molecule has 0 aromatic rings. The summed E-state index contributed by atoms with van der Waals surface area (Å²) in [6.45, 7) is 6.48. The van der Waals surface area contributed by atoms with Crippen LogP contribution < -0.4 is 10.7 Å². The van der Waals surface area contributed by atoms with E-state index in [9.17, 15) is 0 Å². The van der Waals surface area contributed by atoms with Gasteiger partial charge in [-0.25, -0.2) is 0 Å². The van der Waals surface area contributed by atoms with Gasteiger partial charge in [0.2, 0.25) is 0 Å². The molecule has 0 fully saturated rings. The molecule has 0 saturated heterocycles. The molecule has 3 N–H and O–H groups in total. The van der Waals surface area contributed by atoms with Gasteiger partial charge in [0, 0.05) is 6.54 Å². The molecule has 5 nitrogen and oxygen atoms in total. The molecule has 0 aromatic heterocycles. The molecule has 0 spiro atoms. The standard InChI is InChI=1S/C12H24N4OS/c1-4-5-6-7-8-9-13-12(18)15-14-10(2)11(3)16-17/h17H,4-9H2,1-3H3,(H2,13,15,18)/b14-10?,16-11+. The Morgan fingerprint density at radius 1 is 1.11 bits per heavy atom. The lowest BCUT2D eigenvalue weighted by molar-refractivity contribution is 0.320. The van der Waals surface area contributed by atoms with E-state index < -0.39 is 0 Å². The van der Waals surface area contributed by atoms with E-state index in [0.717, 1.165) is 13.0 Å². The van der Waals surface area contributed by atoms with Crippen molar-refractivity contribution < 1.29 is 5.21 Å². The SMILES string of the molecule is CCCCCCCNC(=S)NN=C(C)/C(C)=N/O. The molecule has 0 amide bonds. The van der Waals surface area contributed by atoms with Crippen molar-refractivity contribution in [3.8, 4) is 0 Å². The minimum Gasteiger partial charge on any atom is -0.411 e. The molecule has 104 valence electrons. The van der Waals surface area contributed by atoms with Gasteiger partial charge in [-0.2, -0.15) is 5.10 Å². The highest BCUT2D eigenvalue weighted by molar-refractivity contribution is 7.80. The average Bonchev–Trinajstić information content (AvgIpc) is 2.38. The Hall–Kier alpha value is -1.17. The quantitative estimate of drug-likeness (QED) is 0.209. The van der Waals surface area contributed by atoms with E-state index in [-0.39, 0.29) is 0 Å². The van der Waals surface area contributed by atoms with Gasteiger partial charge in [0.1, 0.15) is 0 Å². The third-order valence-electron chi connectivity index (χ3n) is 2.56. The van der Waals surface area contributed by atoms with Crippen LogP contribution in [0.2, 0.25) is 0 Å². The fraction of sp³-hybridized carbons (Fsp3) is 0.750.